The predicted octanol–water partition coefficient (Wildman–Crippen LogP) is 3.69. The van der Waals surface area contributed by atoms with Crippen molar-refractivity contribution >= 4 is 22.9 Å². The van der Waals surface area contributed by atoms with Crippen LogP contribution in [0.5, 0.6) is 0 Å². The third kappa shape index (κ3) is 3.14. The summed E-state index contributed by atoms with van der Waals surface area (Å²) in [4.78, 5) is 0.361. The molecule has 20 heavy (non-hydrogen) atoms. The number of thiocarbonyl (C=S) groups is 1. The molecule has 0 aromatic heterocycles. The van der Waals surface area contributed by atoms with Crippen LogP contribution < -0.4 is 11.1 Å². The highest BCUT2D eigenvalue weighted by Gasteiger charge is 2.06. The number of anilines is 1. The zero-order chi connectivity index (χ0) is 14.7. The summed E-state index contributed by atoms with van der Waals surface area (Å²) in [5.41, 5.74) is 9.74. The van der Waals surface area contributed by atoms with Crippen molar-refractivity contribution in [3.8, 4) is 0 Å². The van der Waals surface area contributed by atoms with Crippen LogP contribution in [-0.2, 0) is 6.54 Å². The van der Waals surface area contributed by atoms with Gasteiger partial charge in [-0.1, -0.05) is 36.5 Å². The van der Waals surface area contributed by atoms with E-state index in [4.69, 9.17) is 18.0 Å². The highest BCUT2D eigenvalue weighted by Crippen LogP contribution is 2.18. The van der Waals surface area contributed by atoms with Gasteiger partial charge in [0.15, 0.2) is 0 Å². The van der Waals surface area contributed by atoms with Gasteiger partial charge < -0.3 is 11.1 Å². The summed E-state index contributed by atoms with van der Waals surface area (Å²) in [6, 6.07) is 11.3. The minimum atomic E-state index is -0.141. The zero-order valence-electron chi connectivity index (χ0n) is 11.5. The van der Waals surface area contributed by atoms with Gasteiger partial charge >= 0.3 is 0 Å². The fourth-order valence-electron chi connectivity index (χ4n) is 2.19. The van der Waals surface area contributed by atoms with Crippen molar-refractivity contribution in [3.63, 3.8) is 0 Å². The number of aryl methyl sites for hydroxylation is 2. The Hall–Kier alpha value is -1.94. The van der Waals surface area contributed by atoms with Crippen LogP contribution in [0.15, 0.2) is 36.4 Å². The third-order valence-corrected chi connectivity index (χ3v) is 3.39. The Bertz CT molecular complexity index is 630. The number of rotatable bonds is 4. The van der Waals surface area contributed by atoms with Crippen LogP contribution in [0.3, 0.4) is 0 Å². The molecule has 2 nitrogen and oxygen atoms in total. The lowest BCUT2D eigenvalue weighted by atomic mass is 10.1. The standard InChI is InChI=1S/C16H17FN2S/c1-10-7-12(8-11(2)15(10)17)9-19-14-6-4-3-5-13(14)16(18)20/h3-8,19H,9H2,1-2H3,(H2,18,20). The fourth-order valence-corrected chi connectivity index (χ4v) is 2.37. The molecule has 0 aliphatic rings. The Morgan fingerprint density at radius 3 is 2.40 bits per heavy atom. The van der Waals surface area contributed by atoms with Crippen LogP contribution in [0.2, 0.25) is 0 Å². The monoisotopic (exact) mass is 288 g/mol. The van der Waals surface area contributed by atoms with Crippen molar-refractivity contribution < 1.29 is 4.39 Å². The van der Waals surface area contributed by atoms with Crippen LogP contribution in [0.4, 0.5) is 10.1 Å². The van der Waals surface area contributed by atoms with Gasteiger partial charge in [-0.3, -0.25) is 0 Å². The molecular weight excluding hydrogens is 271 g/mol. The minimum absolute atomic E-state index is 0.141. The lowest BCUT2D eigenvalue weighted by molar-refractivity contribution is 0.608. The topological polar surface area (TPSA) is 38.0 Å². The number of hydrogen-bond donors (Lipinski definition) is 2. The molecule has 0 spiro atoms. The summed E-state index contributed by atoms with van der Waals surface area (Å²) in [5.74, 6) is -0.141. The molecular formula is C16H17FN2S. The van der Waals surface area contributed by atoms with E-state index in [1.807, 2.05) is 36.4 Å². The van der Waals surface area contributed by atoms with E-state index >= 15 is 0 Å². The molecule has 2 aromatic carbocycles. The van der Waals surface area contributed by atoms with E-state index in [2.05, 4.69) is 5.32 Å². The van der Waals surface area contributed by atoms with E-state index in [0.717, 1.165) is 16.8 Å². The second-order valence-corrected chi connectivity index (χ2v) is 5.25. The van der Waals surface area contributed by atoms with Crippen LogP contribution in [0.1, 0.15) is 22.3 Å². The highest BCUT2D eigenvalue weighted by atomic mass is 32.1. The van der Waals surface area contributed by atoms with Crippen LogP contribution in [0.25, 0.3) is 0 Å². The van der Waals surface area contributed by atoms with Crippen molar-refractivity contribution in [2.45, 2.75) is 20.4 Å². The van der Waals surface area contributed by atoms with Crippen LogP contribution in [0, 0.1) is 19.7 Å². The quantitative estimate of drug-likeness (QED) is 0.843. The largest absolute Gasteiger partial charge is 0.389 e. The smallest absolute Gasteiger partial charge is 0.129 e. The van der Waals surface area contributed by atoms with E-state index in [9.17, 15) is 4.39 Å². The van der Waals surface area contributed by atoms with Gasteiger partial charge in [0.25, 0.3) is 0 Å². The van der Waals surface area contributed by atoms with Crippen molar-refractivity contribution in [2.24, 2.45) is 5.73 Å². The summed E-state index contributed by atoms with van der Waals surface area (Å²) < 4.78 is 13.6. The molecule has 2 rings (SSSR count). The maximum atomic E-state index is 13.6. The van der Waals surface area contributed by atoms with E-state index < -0.39 is 0 Å². The van der Waals surface area contributed by atoms with Crippen molar-refractivity contribution in [1.29, 1.82) is 0 Å². The van der Waals surface area contributed by atoms with Gasteiger partial charge in [0.2, 0.25) is 0 Å². The Morgan fingerprint density at radius 1 is 1.20 bits per heavy atom. The zero-order valence-corrected chi connectivity index (χ0v) is 12.4. The summed E-state index contributed by atoms with van der Waals surface area (Å²) in [5, 5.41) is 3.29. The molecule has 4 heteroatoms. The molecule has 0 unspecified atom stereocenters. The van der Waals surface area contributed by atoms with Gasteiger partial charge in [0, 0.05) is 17.8 Å². The Morgan fingerprint density at radius 2 is 1.80 bits per heavy atom. The summed E-state index contributed by atoms with van der Waals surface area (Å²) in [6.45, 7) is 4.14. The fraction of sp³-hybridized carbons (Fsp3) is 0.188. The third-order valence-electron chi connectivity index (χ3n) is 3.17. The van der Waals surface area contributed by atoms with Crippen molar-refractivity contribution in [1.82, 2.24) is 0 Å². The Kier molecular flexibility index (Phi) is 4.35. The first-order valence-corrected chi connectivity index (χ1v) is 6.78. The minimum Gasteiger partial charge on any atom is -0.389 e. The van der Waals surface area contributed by atoms with Crippen LogP contribution >= 0.6 is 12.2 Å². The number of para-hydroxylation sites is 1. The van der Waals surface area contributed by atoms with E-state index in [1.165, 1.54) is 0 Å². The Labute approximate surface area is 123 Å². The second kappa shape index (κ2) is 6.01. The molecule has 0 saturated heterocycles. The van der Waals surface area contributed by atoms with Gasteiger partial charge in [0.1, 0.15) is 10.8 Å². The molecule has 0 heterocycles. The molecule has 0 atom stereocenters. The molecule has 0 aliphatic carbocycles. The molecule has 104 valence electrons. The number of hydrogen-bond acceptors (Lipinski definition) is 2. The molecule has 0 bridgehead atoms. The average molecular weight is 288 g/mol. The van der Waals surface area contributed by atoms with Crippen LogP contribution in [-0.4, -0.2) is 4.99 Å². The summed E-state index contributed by atoms with van der Waals surface area (Å²) in [6.07, 6.45) is 0. The van der Waals surface area contributed by atoms with E-state index in [0.29, 0.717) is 22.7 Å². The Balaban J connectivity index is 2.19. The molecule has 0 saturated carbocycles. The van der Waals surface area contributed by atoms with Gasteiger partial charge in [-0.2, -0.15) is 0 Å². The predicted molar refractivity (Wildman–Crippen MR) is 85.5 cm³/mol. The van der Waals surface area contributed by atoms with Gasteiger partial charge in [-0.05, 0) is 42.7 Å². The second-order valence-electron chi connectivity index (χ2n) is 4.81. The lowest BCUT2D eigenvalue weighted by Crippen LogP contribution is -2.13. The summed E-state index contributed by atoms with van der Waals surface area (Å²) >= 11 is 5.03. The number of nitrogens with two attached hydrogens (primary N) is 1. The average Bonchev–Trinajstić information content (AvgIpc) is 2.42. The number of benzene rings is 2. The highest BCUT2D eigenvalue weighted by molar-refractivity contribution is 7.80. The van der Waals surface area contributed by atoms with Crippen molar-refractivity contribution in [2.75, 3.05) is 5.32 Å². The normalized spacial score (nSPS) is 10.3. The molecule has 0 aliphatic heterocycles. The maximum Gasteiger partial charge on any atom is 0.129 e. The first kappa shape index (κ1) is 14.5. The molecule has 0 amide bonds. The first-order valence-electron chi connectivity index (χ1n) is 6.37. The van der Waals surface area contributed by atoms with E-state index in [-0.39, 0.29) is 5.82 Å². The SMILES string of the molecule is Cc1cc(CNc2ccccc2C(N)=S)cc(C)c1F. The van der Waals surface area contributed by atoms with Gasteiger partial charge in [0.05, 0.1) is 0 Å². The van der Waals surface area contributed by atoms with Crippen molar-refractivity contribution in [3.05, 3.63) is 64.5 Å². The summed E-state index contributed by atoms with van der Waals surface area (Å²) in [7, 11) is 0. The lowest BCUT2D eigenvalue weighted by Gasteiger charge is -2.12. The van der Waals surface area contributed by atoms with Gasteiger partial charge in [-0.25, -0.2) is 4.39 Å². The number of halogens is 1. The maximum absolute atomic E-state index is 13.6. The molecule has 2 aromatic rings. The molecule has 0 fully saturated rings. The first-order chi connectivity index (χ1) is 9.49. The number of nitrogens with one attached hydrogen (secondary N) is 1. The van der Waals surface area contributed by atoms with Gasteiger partial charge in [-0.15, -0.1) is 0 Å². The van der Waals surface area contributed by atoms with E-state index in [1.54, 1.807) is 13.8 Å². The molecule has 3 N–H and O–H groups in total. The molecule has 0 radical (unpaired) electrons.